The van der Waals surface area contributed by atoms with Crippen molar-refractivity contribution in [2.45, 2.75) is 57.7 Å². The standard InChI is InChI=1S/C29H39ClN8O11/c1-15-9-17(5-6-18(15)30)10-20(28(47)36-49)35-23(41)12-32-29(48)21(11-26(44)45)38(4)25(43)13-33-27(46)19(7-8-22(31)40)34-24(42)14-37(3)16(2)39/h5-6,9,19-21H,7-8,10-14H2,1-4H3,(H2,31,40)(H,32,48)(H,33,46)(H,34,42)(H,35,41)(H,44,45)/t19-,20-,21-/m0/s1. The summed E-state index contributed by atoms with van der Waals surface area (Å²) in [5.41, 5.74) is 6.36. The lowest BCUT2D eigenvalue weighted by atomic mass is 10.0. The van der Waals surface area contributed by atoms with Crippen molar-refractivity contribution >= 4 is 64.8 Å². The van der Waals surface area contributed by atoms with Gasteiger partial charge in [-0.25, -0.2) is 0 Å². The van der Waals surface area contributed by atoms with Crippen molar-refractivity contribution < 1.29 is 48.3 Å². The monoisotopic (exact) mass is 710 g/mol. The van der Waals surface area contributed by atoms with E-state index in [4.69, 9.17) is 17.3 Å². The molecule has 8 amide bonds. The van der Waals surface area contributed by atoms with E-state index in [0.29, 0.717) is 21.0 Å². The molecule has 1 aromatic rings. The number of rotatable bonds is 19. The van der Waals surface area contributed by atoms with Crippen molar-refractivity contribution in [3.8, 4) is 0 Å². The third-order valence-electron chi connectivity index (χ3n) is 7.00. The van der Waals surface area contributed by atoms with E-state index in [1.807, 2.05) is 0 Å². The highest BCUT2D eigenvalue weighted by atomic mass is 35.5. The molecule has 1 aromatic carbocycles. The normalized spacial score (nSPS) is 12.3. The maximum absolute atomic E-state index is 12.9. The molecule has 49 heavy (non-hydrogen) atoms. The first-order valence-corrected chi connectivity index (χ1v) is 15.0. The number of benzene rings is 1. The van der Waals surface area contributed by atoms with Gasteiger partial charge in [0.25, 0.3) is 0 Å². The second kappa shape index (κ2) is 20.0. The van der Waals surface area contributed by atoms with Crippen LogP contribution in [0.3, 0.4) is 0 Å². The van der Waals surface area contributed by atoms with E-state index < -0.39 is 97.4 Å². The Bertz CT molecular complexity index is 1470. The third kappa shape index (κ3) is 14.9. The second-order valence-electron chi connectivity index (χ2n) is 10.9. The number of halogens is 1. The molecule has 1 rings (SSSR count). The van der Waals surface area contributed by atoms with Crippen LogP contribution >= 0.6 is 11.6 Å². The summed E-state index contributed by atoms with van der Waals surface area (Å²) in [6.45, 7) is 0.961. The number of carbonyl (C=O) groups is 9. The number of nitrogens with two attached hydrogens (primary N) is 1. The molecule has 0 fully saturated rings. The fourth-order valence-corrected chi connectivity index (χ4v) is 4.26. The number of amides is 8. The number of hydrogen-bond donors (Lipinski definition) is 6. The lowest BCUT2D eigenvalue weighted by Gasteiger charge is -2.27. The molecule has 0 aliphatic rings. The van der Waals surface area contributed by atoms with Crippen molar-refractivity contribution in [1.29, 1.82) is 0 Å². The molecule has 0 aliphatic carbocycles. The molecule has 0 bridgehead atoms. The van der Waals surface area contributed by atoms with E-state index in [-0.39, 0.29) is 19.3 Å². The number of aryl methyl sites for hydroxylation is 1. The summed E-state index contributed by atoms with van der Waals surface area (Å²) >= 11 is 6.00. The summed E-state index contributed by atoms with van der Waals surface area (Å²) in [7, 11) is 2.42. The SMILES string of the molecule is CC(=O)N(C)CC(=O)N[C@@H](CCC(N)=O)C(=O)NCC(=O)N(C)[C@@H](CC(=O)O)C(=O)NCC(=O)N[C@@H](Cc1ccc(Cl)c(C)c1)C(=O)N=O. The van der Waals surface area contributed by atoms with Crippen LogP contribution in [0.25, 0.3) is 0 Å². The quantitative estimate of drug-likeness (QED) is 0.0833. The predicted octanol–water partition coefficient (Wildman–Crippen LogP) is -2.27. The highest BCUT2D eigenvalue weighted by molar-refractivity contribution is 6.31. The van der Waals surface area contributed by atoms with Gasteiger partial charge in [0.2, 0.25) is 41.4 Å². The topological polar surface area (TPSA) is 284 Å². The van der Waals surface area contributed by atoms with Crippen molar-refractivity contribution in [2.75, 3.05) is 33.7 Å². The summed E-state index contributed by atoms with van der Waals surface area (Å²) in [6.07, 6.45) is -1.60. The fraction of sp³-hybridized carbons (Fsp3) is 0.483. The van der Waals surface area contributed by atoms with Crippen molar-refractivity contribution in [2.24, 2.45) is 10.9 Å². The van der Waals surface area contributed by atoms with E-state index in [2.05, 4.69) is 26.4 Å². The Morgan fingerprint density at radius 1 is 0.939 bits per heavy atom. The summed E-state index contributed by atoms with van der Waals surface area (Å²) in [5.74, 6) is -8.51. The summed E-state index contributed by atoms with van der Waals surface area (Å²) in [6, 6.07) is 0.370. The largest absolute Gasteiger partial charge is 0.481 e. The van der Waals surface area contributed by atoms with Gasteiger partial charge in [0.15, 0.2) is 0 Å². The summed E-state index contributed by atoms with van der Waals surface area (Å²) in [5, 5.41) is 21.2. The van der Waals surface area contributed by atoms with Gasteiger partial charge in [0.1, 0.15) is 18.1 Å². The predicted molar refractivity (Wildman–Crippen MR) is 171 cm³/mol. The van der Waals surface area contributed by atoms with Gasteiger partial charge in [0, 0.05) is 44.1 Å². The Hall–Kier alpha value is -5.46. The molecule has 0 aromatic heterocycles. The van der Waals surface area contributed by atoms with Crippen LogP contribution in [-0.4, -0.2) is 120 Å². The van der Waals surface area contributed by atoms with Crippen molar-refractivity contribution in [3.63, 3.8) is 0 Å². The molecule has 0 aliphatic heterocycles. The van der Waals surface area contributed by atoms with Crippen LogP contribution in [0.5, 0.6) is 0 Å². The highest BCUT2D eigenvalue weighted by Gasteiger charge is 2.31. The van der Waals surface area contributed by atoms with Gasteiger partial charge in [0.05, 0.1) is 26.1 Å². The smallest absolute Gasteiger partial charge is 0.308 e. The van der Waals surface area contributed by atoms with Crippen LogP contribution in [0.1, 0.15) is 37.3 Å². The zero-order valence-electron chi connectivity index (χ0n) is 27.2. The minimum absolute atomic E-state index is 0.130. The third-order valence-corrected chi connectivity index (χ3v) is 7.43. The maximum Gasteiger partial charge on any atom is 0.308 e. The number of carboxylic acids is 1. The van der Waals surface area contributed by atoms with Gasteiger partial charge in [-0.1, -0.05) is 23.7 Å². The lowest BCUT2D eigenvalue weighted by Crippen LogP contribution is -2.54. The number of hydrogen-bond acceptors (Lipinski definition) is 10. The number of nitroso groups, excluding NO2 is 1. The highest BCUT2D eigenvalue weighted by Crippen LogP contribution is 2.17. The minimum atomic E-state index is -1.67. The van der Waals surface area contributed by atoms with E-state index >= 15 is 0 Å². The van der Waals surface area contributed by atoms with E-state index in [1.165, 1.54) is 14.0 Å². The average molecular weight is 711 g/mol. The molecule has 0 unspecified atom stereocenters. The van der Waals surface area contributed by atoms with Crippen LogP contribution in [0.15, 0.2) is 23.4 Å². The molecule has 20 heteroatoms. The molecule has 0 spiro atoms. The Kier molecular flexibility index (Phi) is 17.0. The Morgan fingerprint density at radius 2 is 1.55 bits per heavy atom. The Balaban J connectivity index is 2.90. The molecule has 3 atom stereocenters. The first-order chi connectivity index (χ1) is 22.9. The second-order valence-corrected chi connectivity index (χ2v) is 11.3. The van der Waals surface area contributed by atoms with Crippen molar-refractivity contribution in [3.05, 3.63) is 39.3 Å². The molecule has 268 valence electrons. The molecule has 0 saturated carbocycles. The van der Waals surface area contributed by atoms with Crippen molar-refractivity contribution in [1.82, 2.24) is 31.1 Å². The van der Waals surface area contributed by atoms with Gasteiger partial charge >= 0.3 is 11.9 Å². The molecule has 0 saturated heterocycles. The molecule has 7 N–H and O–H groups in total. The molecule has 0 heterocycles. The number of carbonyl (C=O) groups excluding carboxylic acids is 8. The summed E-state index contributed by atoms with van der Waals surface area (Å²) < 4.78 is 0. The zero-order chi connectivity index (χ0) is 37.4. The van der Waals surface area contributed by atoms with Crippen LogP contribution in [-0.2, 0) is 49.6 Å². The van der Waals surface area contributed by atoms with Crippen LogP contribution in [0, 0.1) is 11.8 Å². The maximum atomic E-state index is 12.9. The first-order valence-electron chi connectivity index (χ1n) is 14.6. The van der Waals surface area contributed by atoms with E-state index in [0.717, 1.165) is 11.9 Å². The number of primary amides is 1. The molecular formula is C29H39ClN8O11. The van der Waals surface area contributed by atoms with Crippen LogP contribution < -0.4 is 27.0 Å². The van der Waals surface area contributed by atoms with Crippen LogP contribution in [0.2, 0.25) is 5.02 Å². The Labute approximate surface area is 285 Å². The first kappa shape index (κ1) is 41.6. The number of aliphatic carboxylic acids is 1. The average Bonchev–Trinajstić information content (AvgIpc) is 3.03. The van der Waals surface area contributed by atoms with E-state index in [9.17, 15) is 53.2 Å². The van der Waals surface area contributed by atoms with Gasteiger partial charge in [-0.2, -0.15) is 0 Å². The van der Waals surface area contributed by atoms with Gasteiger partial charge < -0.3 is 41.9 Å². The van der Waals surface area contributed by atoms with Crippen LogP contribution in [0.4, 0.5) is 0 Å². The number of likely N-dealkylation sites (N-methyl/N-ethyl adjacent to an activating group) is 2. The van der Waals surface area contributed by atoms with Gasteiger partial charge in [-0.05, 0) is 30.5 Å². The molecular weight excluding hydrogens is 672 g/mol. The molecule has 19 nitrogen and oxygen atoms in total. The lowest BCUT2D eigenvalue weighted by molar-refractivity contribution is -0.146. The zero-order valence-corrected chi connectivity index (χ0v) is 28.0. The minimum Gasteiger partial charge on any atom is -0.481 e. The number of carboxylic acid groups (broad SMARTS) is 1. The number of nitrogens with one attached hydrogen (secondary N) is 4. The van der Waals surface area contributed by atoms with Gasteiger partial charge in [-0.15, -0.1) is 4.91 Å². The van der Waals surface area contributed by atoms with E-state index in [1.54, 1.807) is 25.1 Å². The summed E-state index contributed by atoms with van der Waals surface area (Å²) in [4.78, 5) is 122. The fourth-order valence-electron chi connectivity index (χ4n) is 4.14. The number of nitrogens with zero attached hydrogens (tertiary/aromatic N) is 3. The molecule has 0 radical (unpaired) electrons. The Morgan fingerprint density at radius 3 is 2.10 bits per heavy atom. The van der Waals surface area contributed by atoms with Gasteiger partial charge in [-0.3, -0.25) is 43.2 Å².